The van der Waals surface area contributed by atoms with Crippen LogP contribution in [0.5, 0.6) is 5.75 Å². The molecule has 0 amide bonds. The van der Waals surface area contributed by atoms with Crippen LogP contribution >= 0.6 is 0 Å². The number of aliphatic hydroxyl groups is 1. The third-order valence-electron chi connectivity index (χ3n) is 5.08. The second kappa shape index (κ2) is 10.4. The predicted molar refractivity (Wildman–Crippen MR) is 118 cm³/mol. The molecule has 3 N–H and O–H groups in total. The lowest BCUT2D eigenvalue weighted by Crippen LogP contribution is -2.29. The van der Waals surface area contributed by atoms with Crippen molar-refractivity contribution in [3.8, 4) is 17.0 Å². The number of aliphatic hydroxyl groups excluding tert-OH is 1. The van der Waals surface area contributed by atoms with Crippen LogP contribution < -0.4 is 20.3 Å². The van der Waals surface area contributed by atoms with Gasteiger partial charge in [0.15, 0.2) is 0 Å². The highest BCUT2D eigenvalue weighted by molar-refractivity contribution is 5.66. The number of hydrogen-bond donors (Lipinski definition) is 3. The Hall–Kier alpha value is -2.38. The van der Waals surface area contributed by atoms with Crippen molar-refractivity contribution in [1.29, 1.82) is 0 Å². The molecular weight excluding hydrogens is 366 g/mol. The Morgan fingerprint density at radius 3 is 2.69 bits per heavy atom. The number of aromatic nitrogens is 2. The minimum atomic E-state index is -0.547. The molecule has 1 aromatic heterocycles. The highest BCUT2D eigenvalue weighted by Gasteiger charge is 2.16. The van der Waals surface area contributed by atoms with Gasteiger partial charge in [0, 0.05) is 38.3 Å². The SMILES string of the molecule is CNCC(O)COc1cccc(-c2cc(NC3CCCCC3)nc(N(C)C)n2)c1. The number of hydrogen-bond acceptors (Lipinski definition) is 7. The average molecular weight is 400 g/mol. The van der Waals surface area contributed by atoms with E-state index in [-0.39, 0.29) is 6.61 Å². The van der Waals surface area contributed by atoms with Gasteiger partial charge in [-0.2, -0.15) is 4.98 Å². The summed E-state index contributed by atoms with van der Waals surface area (Å²) in [7, 11) is 5.71. The molecule has 1 aromatic carbocycles. The predicted octanol–water partition coefficient (Wildman–Crippen LogP) is 2.91. The van der Waals surface area contributed by atoms with Gasteiger partial charge >= 0.3 is 0 Å². The van der Waals surface area contributed by atoms with Crippen LogP contribution in [0.25, 0.3) is 11.3 Å². The molecule has 1 aliphatic carbocycles. The lowest BCUT2D eigenvalue weighted by molar-refractivity contribution is 0.108. The molecule has 1 fully saturated rings. The molecule has 3 rings (SSSR count). The van der Waals surface area contributed by atoms with Gasteiger partial charge in [0.1, 0.15) is 24.3 Å². The molecule has 7 nitrogen and oxygen atoms in total. The average Bonchev–Trinajstić information content (AvgIpc) is 2.73. The van der Waals surface area contributed by atoms with Crippen molar-refractivity contribution in [2.24, 2.45) is 0 Å². The molecule has 1 atom stereocenters. The van der Waals surface area contributed by atoms with E-state index >= 15 is 0 Å². The summed E-state index contributed by atoms with van der Waals surface area (Å²) in [6.45, 7) is 0.736. The highest BCUT2D eigenvalue weighted by Crippen LogP contribution is 2.27. The van der Waals surface area contributed by atoms with Gasteiger partial charge in [0.05, 0.1) is 5.69 Å². The molecule has 7 heteroatoms. The maximum Gasteiger partial charge on any atom is 0.227 e. The van der Waals surface area contributed by atoms with Gasteiger partial charge in [-0.25, -0.2) is 4.98 Å². The first-order chi connectivity index (χ1) is 14.0. The van der Waals surface area contributed by atoms with E-state index in [9.17, 15) is 5.11 Å². The molecular formula is C22H33N5O2. The van der Waals surface area contributed by atoms with Crippen LogP contribution in [0, 0.1) is 0 Å². The van der Waals surface area contributed by atoms with Crippen LogP contribution in [0.1, 0.15) is 32.1 Å². The summed E-state index contributed by atoms with van der Waals surface area (Å²) in [6, 6.07) is 10.3. The number of ether oxygens (including phenoxy) is 1. The quantitative estimate of drug-likeness (QED) is 0.598. The van der Waals surface area contributed by atoms with E-state index in [2.05, 4.69) is 15.6 Å². The van der Waals surface area contributed by atoms with E-state index in [0.717, 1.165) is 17.1 Å². The number of benzene rings is 1. The van der Waals surface area contributed by atoms with Crippen molar-refractivity contribution >= 4 is 11.8 Å². The smallest absolute Gasteiger partial charge is 0.227 e. The lowest BCUT2D eigenvalue weighted by atomic mass is 9.95. The molecule has 0 bridgehead atoms. The largest absolute Gasteiger partial charge is 0.491 e. The second-order valence-electron chi connectivity index (χ2n) is 7.86. The third kappa shape index (κ3) is 6.30. The molecule has 1 aliphatic rings. The first-order valence-corrected chi connectivity index (χ1v) is 10.4. The normalized spacial score (nSPS) is 15.7. The Kier molecular flexibility index (Phi) is 7.66. The summed E-state index contributed by atoms with van der Waals surface area (Å²) in [6.07, 6.45) is 5.70. The van der Waals surface area contributed by atoms with E-state index in [1.54, 1.807) is 7.05 Å². The Morgan fingerprint density at radius 1 is 1.17 bits per heavy atom. The fourth-order valence-electron chi connectivity index (χ4n) is 3.54. The fraction of sp³-hybridized carbons (Fsp3) is 0.545. The Labute approximate surface area is 173 Å². The van der Waals surface area contributed by atoms with E-state index in [0.29, 0.717) is 24.3 Å². The van der Waals surface area contributed by atoms with Crippen molar-refractivity contribution in [1.82, 2.24) is 15.3 Å². The van der Waals surface area contributed by atoms with E-state index in [1.165, 1.54) is 32.1 Å². The zero-order chi connectivity index (χ0) is 20.6. The molecule has 0 aliphatic heterocycles. The van der Waals surface area contributed by atoms with Crippen LogP contribution in [-0.4, -0.2) is 61.5 Å². The number of likely N-dealkylation sites (N-methyl/N-ethyl adjacent to an activating group) is 1. The number of nitrogens with zero attached hydrogens (tertiary/aromatic N) is 3. The maximum atomic E-state index is 9.86. The maximum absolute atomic E-state index is 9.86. The summed E-state index contributed by atoms with van der Waals surface area (Å²) in [5.74, 6) is 2.25. The molecule has 0 spiro atoms. The molecule has 1 saturated carbocycles. The van der Waals surface area contributed by atoms with Crippen molar-refractivity contribution in [3.63, 3.8) is 0 Å². The minimum absolute atomic E-state index is 0.242. The standard InChI is InChI=1S/C22H33N5O2/c1-23-14-18(28)15-29-19-11-7-8-16(12-19)20-13-21(26-22(25-20)27(2)3)24-17-9-5-4-6-10-17/h7-8,11-13,17-18,23,28H,4-6,9-10,14-15H2,1-3H3,(H,24,25,26). The van der Waals surface area contributed by atoms with Gasteiger partial charge in [0.2, 0.25) is 5.95 Å². The molecule has 29 heavy (non-hydrogen) atoms. The van der Waals surface area contributed by atoms with Gasteiger partial charge in [0.25, 0.3) is 0 Å². The molecule has 1 unspecified atom stereocenters. The molecule has 0 saturated heterocycles. The van der Waals surface area contributed by atoms with Crippen LogP contribution in [0.3, 0.4) is 0 Å². The van der Waals surface area contributed by atoms with Gasteiger partial charge in [-0.3, -0.25) is 0 Å². The fourth-order valence-corrected chi connectivity index (χ4v) is 3.54. The molecule has 158 valence electrons. The molecule has 0 radical (unpaired) electrons. The number of nitrogens with one attached hydrogen (secondary N) is 2. The number of anilines is 2. The zero-order valence-electron chi connectivity index (χ0n) is 17.7. The van der Waals surface area contributed by atoms with Crippen LogP contribution in [0.15, 0.2) is 30.3 Å². The third-order valence-corrected chi connectivity index (χ3v) is 5.08. The van der Waals surface area contributed by atoms with Gasteiger partial charge < -0.3 is 25.4 Å². The van der Waals surface area contributed by atoms with Crippen molar-refractivity contribution in [3.05, 3.63) is 30.3 Å². The summed E-state index contributed by atoms with van der Waals surface area (Å²) >= 11 is 0. The Bertz CT molecular complexity index is 778. The number of rotatable bonds is 9. The van der Waals surface area contributed by atoms with Crippen LogP contribution in [-0.2, 0) is 0 Å². The van der Waals surface area contributed by atoms with Crippen LogP contribution in [0.2, 0.25) is 0 Å². The van der Waals surface area contributed by atoms with Gasteiger partial charge in [-0.1, -0.05) is 31.4 Å². The minimum Gasteiger partial charge on any atom is -0.491 e. The van der Waals surface area contributed by atoms with Crippen molar-refractivity contribution < 1.29 is 9.84 Å². The molecule has 1 heterocycles. The van der Waals surface area contributed by atoms with Crippen molar-refractivity contribution in [2.75, 3.05) is 44.5 Å². The summed E-state index contributed by atoms with van der Waals surface area (Å²) in [5, 5.41) is 16.4. The van der Waals surface area contributed by atoms with Gasteiger partial charge in [-0.05, 0) is 32.0 Å². The first kappa shape index (κ1) is 21.3. The summed E-state index contributed by atoms with van der Waals surface area (Å²) in [5.41, 5.74) is 1.81. The second-order valence-corrected chi connectivity index (χ2v) is 7.86. The van der Waals surface area contributed by atoms with Crippen LogP contribution in [0.4, 0.5) is 11.8 Å². The summed E-state index contributed by atoms with van der Waals surface area (Å²) < 4.78 is 5.75. The van der Waals surface area contributed by atoms with E-state index in [1.807, 2.05) is 49.3 Å². The highest BCUT2D eigenvalue weighted by atomic mass is 16.5. The lowest BCUT2D eigenvalue weighted by Gasteiger charge is -2.24. The molecule has 2 aromatic rings. The Balaban J connectivity index is 1.80. The zero-order valence-corrected chi connectivity index (χ0v) is 17.7. The summed E-state index contributed by atoms with van der Waals surface area (Å²) in [4.78, 5) is 11.3. The topological polar surface area (TPSA) is 82.5 Å². The van der Waals surface area contributed by atoms with Crippen molar-refractivity contribution in [2.45, 2.75) is 44.2 Å². The Morgan fingerprint density at radius 2 is 1.97 bits per heavy atom. The van der Waals surface area contributed by atoms with E-state index < -0.39 is 6.10 Å². The van der Waals surface area contributed by atoms with Gasteiger partial charge in [-0.15, -0.1) is 0 Å². The van der Waals surface area contributed by atoms with E-state index in [4.69, 9.17) is 9.72 Å². The monoisotopic (exact) mass is 399 g/mol. The first-order valence-electron chi connectivity index (χ1n) is 10.4.